The maximum Gasteiger partial charge on any atom is 0.315 e. The first-order valence-corrected chi connectivity index (χ1v) is 9.54. The Hall–Kier alpha value is -3.75. The summed E-state index contributed by atoms with van der Waals surface area (Å²) < 4.78 is 1.72. The summed E-state index contributed by atoms with van der Waals surface area (Å²) in [6.07, 6.45) is 11.0. The maximum atomic E-state index is 11.9. The van der Waals surface area contributed by atoms with Crippen molar-refractivity contribution in [2.45, 2.75) is 31.8 Å². The number of hydrogen-bond donors (Lipinski definition) is 3. The molecule has 0 bridgehead atoms. The SMILES string of the molecule is CC(NC(=O)NC1CC1)c1ccc(-n2cc(-c3ccnc4nc[nH]c34)cn2)nc1. The van der Waals surface area contributed by atoms with Crippen LogP contribution in [-0.2, 0) is 0 Å². The van der Waals surface area contributed by atoms with Crippen molar-refractivity contribution in [1.82, 2.24) is 40.3 Å². The number of hydrogen-bond acceptors (Lipinski definition) is 5. The second kappa shape index (κ2) is 7.01. The molecule has 9 heteroatoms. The molecule has 4 aromatic heterocycles. The van der Waals surface area contributed by atoms with Crippen molar-refractivity contribution in [2.24, 2.45) is 0 Å². The van der Waals surface area contributed by atoms with Crippen molar-refractivity contribution in [3.8, 4) is 16.9 Å². The van der Waals surface area contributed by atoms with E-state index in [0.717, 1.165) is 35.0 Å². The van der Waals surface area contributed by atoms with Gasteiger partial charge in [-0.25, -0.2) is 24.4 Å². The Morgan fingerprint density at radius 1 is 1.21 bits per heavy atom. The number of H-pyrrole nitrogens is 1. The summed E-state index contributed by atoms with van der Waals surface area (Å²) in [5, 5.41) is 10.3. The van der Waals surface area contributed by atoms with Crippen molar-refractivity contribution < 1.29 is 4.79 Å². The third-order valence-corrected chi connectivity index (χ3v) is 4.99. The third kappa shape index (κ3) is 3.54. The fraction of sp³-hybridized carbons (Fsp3) is 0.250. The highest BCUT2D eigenvalue weighted by molar-refractivity contribution is 5.88. The second-order valence-electron chi connectivity index (χ2n) is 7.20. The molecule has 29 heavy (non-hydrogen) atoms. The molecule has 1 aliphatic carbocycles. The van der Waals surface area contributed by atoms with Gasteiger partial charge in [-0.15, -0.1) is 0 Å². The number of nitrogens with one attached hydrogen (secondary N) is 3. The number of imidazole rings is 1. The Bertz CT molecular complexity index is 1160. The number of nitrogens with zero attached hydrogens (tertiary/aromatic N) is 5. The molecule has 9 nitrogen and oxygen atoms in total. The molecule has 1 aliphatic rings. The third-order valence-electron chi connectivity index (χ3n) is 4.99. The molecule has 3 N–H and O–H groups in total. The smallest absolute Gasteiger partial charge is 0.315 e. The molecule has 4 aromatic rings. The number of amides is 2. The Morgan fingerprint density at radius 3 is 2.90 bits per heavy atom. The van der Waals surface area contributed by atoms with Gasteiger partial charge in [0.2, 0.25) is 0 Å². The average molecular weight is 388 g/mol. The molecule has 0 aliphatic heterocycles. The lowest BCUT2D eigenvalue weighted by Crippen LogP contribution is -2.38. The van der Waals surface area contributed by atoms with Gasteiger partial charge in [-0.05, 0) is 37.5 Å². The normalized spacial score (nSPS) is 14.7. The average Bonchev–Trinajstić information content (AvgIpc) is 3.21. The fourth-order valence-corrected chi connectivity index (χ4v) is 3.20. The Morgan fingerprint density at radius 2 is 2.10 bits per heavy atom. The number of fused-ring (bicyclic) bond motifs is 1. The van der Waals surface area contributed by atoms with E-state index >= 15 is 0 Å². The Labute approximate surface area is 166 Å². The molecule has 1 atom stereocenters. The molecule has 0 saturated heterocycles. The van der Waals surface area contributed by atoms with Gasteiger partial charge in [0.15, 0.2) is 11.5 Å². The van der Waals surface area contributed by atoms with Gasteiger partial charge in [0, 0.05) is 35.8 Å². The van der Waals surface area contributed by atoms with E-state index in [4.69, 9.17) is 0 Å². The van der Waals surface area contributed by atoms with Crippen LogP contribution in [-0.4, -0.2) is 41.8 Å². The number of carbonyl (C=O) groups excluding carboxylic acids is 1. The number of urea groups is 1. The summed E-state index contributed by atoms with van der Waals surface area (Å²) in [6, 6.07) is 5.84. The fourth-order valence-electron chi connectivity index (χ4n) is 3.20. The van der Waals surface area contributed by atoms with Crippen molar-refractivity contribution in [3.63, 3.8) is 0 Å². The van der Waals surface area contributed by atoms with Crippen LogP contribution < -0.4 is 10.6 Å². The van der Waals surface area contributed by atoms with Crippen molar-refractivity contribution in [3.05, 3.63) is 54.9 Å². The monoisotopic (exact) mass is 388 g/mol. The predicted octanol–water partition coefficient (Wildman–Crippen LogP) is 2.73. The van der Waals surface area contributed by atoms with Gasteiger partial charge in [0.05, 0.1) is 24.1 Å². The van der Waals surface area contributed by atoms with Gasteiger partial charge in [0.1, 0.15) is 0 Å². The summed E-state index contributed by atoms with van der Waals surface area (Å²) in [4.78, 5) is 28.0. The number of pyridine rings is 2. The van der Waals surface area contributed by atoms with Gasteiger partial charge in [-0.3, -0.25) is 0 Å². The van der Waals surface area contributed by atoms with Crippen LogP contribution >= 0.6 is 0 Å². The zero-order valence-electron chi connectivity index (χ0n) is 15.8. The second-order valence-corrected chi connectivity index (χ2v) is 7.20. The van der Waals surface area contributed by atoms with Crippen LogP contribution in [0, 0.1) is 0 Å². The summed E-state index contributed by atoms with van der Waals surface area (Å²) in [6.45, 7) is 1.94. The van der Waals surface area contributed by atoms with Crippen LogP contribution in [0.4, 0.5) is 4.79 Å². The lowest BCUT2D eigenvalue weighted by molar-refractivity contribution is 0.237. The van der Waals surface area contributed by atoms with E-state index in [1.54, 1.807) is 29.6 Å². The molecule has 4 heterocycles. The molecule has 1 fully saturated rings. The molecule has 1 saturated carbocycles. The lowest BCUT2D eigenvalue weighted by Gasteiger charge is -2.15. The molecule has 5 rings (SSSR count). The molecule has 2 amide bonds. The zero-order chi connectivity index (χ0) is 19.8. The largest absolute Gasteiger partial charge is 0.343 e. The van der Waals surface area contributed by atoms with Crippen molar-refractivity contribution in [1.29, 1.82) is 0 Å². The van der Waals surface area contributed by atoms with Crippen LogP contribution in [0.2, 0.25) is 0 Å². The van der Waals surface area contributed by atoms with Crippen LogP contribution in [0.3, 0.4) is 0 Å². The maximum absolute atomic E-state index is 11.9. The number of rotatable bonds is 5. The predicted molar refractivity (Wildman–Crippen MR) is 107 cm³/mol. The number of carbonyl (C=O) groups is 1. The number of aromatic nitrogens is 6. The first-order valence-electron chi connectivity index (χ1n) is 9.54. The Balaban J connectivity index is 1.33. The molecular weight excluding hydrogens is 368 g/mol. The van der Waals surface area contributed by atoms with Gasteiger partial charge >= 0.3 is 6.03 Å². The highest BCUT2D eigenvalue weighted by Crippen LogP contribution is 2.25. The lowest BCUT2D eigenvalue weighted by atomic mass is 10.1. The van der Waals surface area contributed by atoms with E-state index in [1.165, 1.54) is 0 Å². The topological polar surface area (TPSA) is 113 Å². The van der Waals surface area contributed by atoms with E-state index in [0.29, 0.717) is 17.5 Å². The molecule has 0 aromatic carbocycles. The van der Waals surface area contributed by atoms with Crippen LogP contribution in [0.15, 0.2) is 49.3 Å². The minimum absolute atomic E-state index is 0.131. The first kappa shape index (κ1) is 17.4. The summed E-state index contributed by atoms with van der Waals surface area (Å²) >= 11 is 0. The van der Waals surface area contributed by atoms with Crippen molar-refractivity contribution >= 4 is 17.2 Å². The highest BCUT2D eigenvalue weighted by Gasteiger charge is 2.23. The van der Waals surface area contributed by atoms with Gasteiger partial charge < -0.3 is 15.6 Å². The minimum Gasteiger partial charge on any atom is -0.343 e. The van der Waals surface area contributed by atoms with Crippen LogP contribution in [0.5, 0.6) is 0 Å². The summed E-state index contributed by atoms with van der Waals surface area (Å²) in [5.41, 5.74) is 4.40. The van der Waals surface area contributed by atoms with E-state index in [2.05, 4.69) is 35.7 Å². The Kier molecular flexibility index (Phi) is 4.19. The van der Waals surface area contributed by atoms with Crippen LogP contribution in [0.1, 0.15) is 31.4 Å². The molecule has 0 radical (unpaired) electrons. The van der Waals surface area contributed by atoms with E-state index in [9.17, 15) is 4.79 Å². The van der Waals surface area contributed by atoms with Gasteiger partial charge in [-0.1, -0.05) is 6.07 Å². The molecular formula is C20H20N8O. The summed E-state index contributed by atoms with van der Waals surface area (Å²) in [5.74, 6) is 0.699. The molecule has 1 unspecified atom stereocenters. The minimum atomic E-state index is -0.136. The van der Waals surface area contributed by atoms with E-state index < -0.39 is 0 Å². The standard InChI is InChI=1S/C20H20N8O/c1-12(26-20(29)27-15-3-4-15)13-2-5-17(22-8-13)28-10-14(9-25-28)16-6-7-21-19-18(16)23-11-24-19/h2,5-12,15H,3-4H2,1H3,(H,21,23,24)(H2,26,27,29). The van der Waals surface area contributed by atoms with Gasteiger partial charge in [-0.2, -0.15) is 5.10 Å². The summed E-state index contributed by atoms with van der Waals surface area (Å²) in [7, 11) is 0. The molecule has 146 valence electrons. The quantitative estimate of drug-likeness (QED) is 0.486. The zero-order valence-corrected chi connectivity index (χ0v) is 15.8. The van der Waals surface area contributed by atoms with Crippen molar-refractivity contribution in [2.75, 3.05) is 0 Å². The molecule has 0 spiro atoms. The van der Waals surface area contributed by atoms with Gasteiger partial charge in [0.25, 0.3) is 0 Å². The first-order chi connectivity index (χ1) is 14.2. The highest BCUT2D eigenvalue weighted by atomic mass is 16.2. The van der Waals surface area contributed by atoms with E-state index in [1.807, 2.05) is 31.3 Å². The number of aromatic amines is 1. The van der Waals surface area contributed by atoms with Crippen LogP contribution in [0.25, 0.3) is 28.1 Å². The van der Waals surface area contributed by atoms with E-state index in [-0.39, 0.29) is 12.1 Å².